The van der Waals surface area contributed by atoms with Crippen LogP contribution in [0, 0.1) is 0 Å². The van der Waals surface area contributed by atoms with Gasteiger partial charge in [-0.05, 0) is 42.8 Å². The molecule has 1 heterocycles. The summed E-state index contributed by atoms with van der Waals surface area (Å²) in [5, 5.41) is 3.81. The monoisotopic (exact) mass is 305 g/mol. The van der Waals surface area contributed by atoms with Gasteiger partial charge >= 0.3 is 0 Å². The lowest BCUT2D eigenvalue weighted by atomic mass is 9.99. The normalized spacial score (nSPS) is 20.3. The predicted octanol–water partition coefficient (Wildman–Crippen LogP) is 2.54. The fraction of sp³-hybridized carbons (Fsp3) is 0.500. The maximum absolute atomic E-state index is 11.8. The minimum Gasteiger partial charge on any atom is -0.316 e. The summed E-state index contributed by atoms with van der Waals surface area (Å²) in [7, 11) is -3.25. The lowest BCUT2D eigenvalue weighted by molar-refractivity contribution is 0.599. The molecule has 0 aromatic heterocycles. The molecule has 1 N–H and O–H groups in total. The maximum Gasteiger partial charge on any atom is 0.176 e. The lowest BCUT2D eigenvalue weighted by Gasteiger charge is -2.14. The van der Waals surface area contributed by atoms with Crippen LogP contribution in [0.25, 0.3) is 0 Å². The molecule has 0 radical (unpaired) electrons. The summed E-state index contributed by atoms with van der Waals surface area (Å²) in [4.78, 5) is 0.998. The summed E-state index contributed by atoms with van der Waals surface area (Å²) in [6.45, 7) is 1.86. The van der Waals surface area contributed by atoms with Gasteiger partial charge in [-0.15, -0.1) is 11.8 Å². The van der Waals surface area contributed by atoms with Crippen LogP contribution in [-0.2, 0) is 9.84 Å². The Bertz CT molecular complexity index is 551. The van der Waals surface area contributed by atoms with Crippen LogP contribution < -0.4 is 5.32 Å². The van der Waals surface area contributed by atoms with Crippen LogP contribution in [0.4, 0.5) is 0 Å². The van der Waals surface area contributed by atoms with E-state index in [0.29, 0.717) is 20.7 Å². The van der Waals surface area contributed by atoms with Crippen molar-refractivity contribution >= 4 is 33.2 Å². The average Bonchev–Trinajstić information content (AvgIpc) is 2.80. The second kappa shape index (κ2) is 5.41. The summed E-state index contributed by atoms with van der Waals surface area (Å²) in [5.41, 5.74) is 1.02. The third-order valence-corrected chi connectivity index (χ3v) is 5.68. The van der Waals surface area contributed by atoms with Crippen molar-refractivity contribution in [3.05, 3.63) is 22.7 Å². The molecule has 0 bridgehead atoms. The highest BCUT2D eigenvalue weighted by molar-refractivity contribution is 7.99. The smallest absolute Gasteiger partial charge is 0.176 e. The van der Waals surface area contributed by atoms with Crippen molar-refractivity contribution in [1.29, 1.82) is 0 Å². The van der Waals surface area contributed by atoms with Crippen LogP contribution in [0.1, 0.15) is 17.9 Å². The Morgan fingerprint density at radius 1 is 1.44 bits per heavy atom. The Balaban J connectivity index is 2.55. The zero-order valence-electron chi connectivity index (χ0n) is 10.4. The van der Waals surface area contributed by atoms with E-state index >= 15 is 0 Å². The van der Waals surface area contributed by atoms with Crippen LogP contribution in [0.3, 0.4) is 0 Å². The first-order valence-corrected chi connectivity index (χ1v) is 9.21. The molecule has 6 heteroatoms. The quantitative estimate of drug-likeness (QED) is 0.872. The Labute approximate surface area is 117 Å². The molecule has 1 aromatic carbocycles. The highest BCUT2D eigenvalue weighted by atomic mass is 35.5. The molecule has 2 rings (SSSR count). The van der Waals surface area contributed by atoms with Crippen LogP contribution in [-0.4, -0.2) is 34.0 Å². The van der Waals surface area contributed by atoms with Crippen molar-refractivity contribution in [1.82, 2.24) is 5.32 Å². The molecular formula is C12H16ClNO2S2. The molecule has 100 valence electrons. The van der Waals surface area contributed by atoms with Gasteiger partial charge in [0.1, 0.15) is 0 Å². The first-order valence-electron chi connectivity index (χ1n) is 5.71. The SMILES string of the molecule is CSc1c(Cl)cc(C2CCNC2)cc1S(C)(=O)=O. The van der Waals surface area contributed by atoms with E-state index in [2.05, 4.69) is 5.32 Å². The Morgan fingerprint density at radius 2 is 2.17 bits per heavy atom. The van der Waals surface area contributed by atoms with Gasteiger partial charge in [-0.3, -0.25) is 0 Å². The average molecular weight is 306 g/mol. The first kappa shape index (κ1) is 14.2. The molecular weight excluding hydrogens is 290 g/mol. The summed E-state index contributed by atoms with van der Waals surface area (Å²) in [5.74, 6) is 0.360. The minimum atomic E-state index is -3.25. The predicted molar refractivity (Wildman–Crippen MR) is 76.6 cm³/mol. The molecule has 1 aliphatic rings. The Morgan fingerprint density at radius 3 is 2.67 bits per heavy atom. The van der Waals surface area contributed by atoms with Crippen molar-refractivity contribution in [3.63, 3.8) is 0 Å². The van der Waals surface area contributed by atoms with Crippen molar-refractivity contribution in [2.45, 2.75) is 22.1 Å². The molecule has 1 atom stereocenters. The molecule has 0 amide bonds. The van der Waals surface area contributed by atoms with Crippen molar-refractivity contribution < 1.29 is 8.42 Å². The van der Waals surface area contributed by atoms with E-state index in [9.17, 15) is 8.42 Å². The van der Waals surface area contributed by atoms with Gasteiger partial charge in [0, 0.05) is 17.7 Å². The highest BCUT2D eigenvalue weighted by Crippen LogP contribution is 2.36. The van der Waals surface area contributed by atoms with Gasteiger partial charge < -0.3 is 5.32 Å². The number of hydrogen-bond donors (Lipinski definition) is 1. The van der Waals surface area contributed by atoms with E-state index in [-0.39, 0.29) is 0 Å². The topological polar surface area (TPSA) is 46.2 Å². The third-order valence-electron chi connectivity index (χ3n) is 3.17. The number of nitrogens with one attached hydrogen (secondary N) is 1. The second-order valence-electron chi connectivity index (χ2n) is 4.50. The number of rotatable bonds is 3. The van der Waals surface area contributed by atoms with Crippen molar-refractivity contribution in [2.75, 3.05) is 25.6 Å². The van der Waals surface area contributed by atoms with Gasteiger partial charge in [0.2, 0.25) is 0 Å². The summed E-state index contributed by atoms with van der Waals surface area (Å²) < 4.78 is 23.7. The summed E-state index contributed by atoms with van der Waals surface area (Å²) in [6, 6.07) is 3.68. The molecule has 0 spiro atoms. The van der Waals surface area contributed by atoms with Gasteiger partial charge in [-0.25, -0.2) is 8.42 Å². The second-order valence-corrected chi connectivity index (χ2v) is 7.70. The molecule has 0 saturated carbocycles. The number of benzene rings is 1. The fourth-order valence-electron chi connectivity index (χ4n) is 2.24. The van der Waals surface area contributed by atoms with Gasteiger partial charge in [0.15, 0.2) is 9.84 Å². The standard InChI is InChI=1S/C12H16ClNO2S2/c1-17-12-10(13)5-9(8-3-4-14-7-8)6-11(12)18(2,15)16/h5-6,8,14H,3-4,7H2,1-2H3. The van der Waals surface area contributed by atoms with E-state index in [1.807, 2.05) is 12.3 Å². The van der Waals surface area contributed by atoms with E-state index in [1.165, 1.54) is 18.0 Å². The van der Waals surface area contributed by atoms with E-state index in [1.54, 1.807) is 6.07 Å². The first-order chi connectivity index (χ1) is 8.43. The van der Waals surface area contributed by atoms with E-state index < -0.39 is 9.84 Å². The maximum atomic E-state index is 11.8. The largest absolute Gasteiger partial charge is 0.316 e. The van der Waals surface area contributed by atoms with Crippen molar-refractivity contribution in [2.24, 2.45) is 0 Å². The number of hydrogen-bond acceptors (Lipinski definition) is 4. The minimum absolute atomic E-state index is 0.351. The zero-order valence-corrected chi connectivity index (χ0v) is 12.8. The fourth-order valence-corrected chi connectivity index (χ4v) is 4.77. The third kappa shape index (κ3) is 2.85. The lowest BCUT2D eigenvalue weighted by Crippen LogP contribution is -2.09. The molecule has 3 nitrogen and oxygen atoms in total. The van der Waals surface area contributed by atoms with Crippen LogP contribution >= 0.6 is 23.4 Å². The Kier molecular flexibility index (Phi) is 4.26. The molecule has 1 saturated heterocycles. The summed E-state index contributed by atoms with van der Waals surface area (Å²) in [6.07, 6.45) is 4.10. The van der Waals surface area contributed by atoms with Gasteiger partial charge in [-0.2, -0.15) is 0 Å². The number of thioether (sulfide) groups is 1. The molecule has 1 aromatic rings. The number of halogens is 1. The van der Waals surface area contributed by atoms with Gasteiger partial charge in [0.25, 0.3) is 0 Å². The van der Waals surface area contributed by atoms with Crippen LogP contribution in [0.15, 0.2) is 21.9 Å². The van der Waals surface area contributed by atoms with E-state index in [0.717, 1.165) is 25.1 Å². The molecule has 0 aliphatic carbocycles. The Hall–Kier alpha value is -0.230. The van der Waals surface area contributed by atoms with Crippen LogP contribution in [0.2, 0.25) is 5.02 Å². The zero-order chi connectivity index (χ0) is 13.3. The molecule has 1 unspecified atom stereocenters. The van der Waals surface area contributed by atoms with E-state index in [4.69, 9.17) is 11.6 Å². The number of sulfone groups is 1. The van der Waals surface area contributed by atoms with Gasteiger partial charge in [-0.1, -0.05) is 11.6 Å². The molecule has 1 aliphatic heterocycles. The summed E-state index contributed by atoms with van der Waals surface area (Å²) >= 11 is 7.59. The highest BCUT2D eigenvalue weighted by Gasteiger charge is 2.22. The van der Waals surface area contributed by atoms with Crippen LogP contribution in [0.5, 0.6) is 0 Å². The molecule has 1 fully saturated rings. The molecule has 18 heavy (non-hydrogen) atoms. The van der Waals surface area contributed by atoms with Gasteiger partial charge in [0.05, 0.1) is 9.92 Å². The van der Waals surface area contributed by atoms with Crippen molar-refractivity contribution in [3.8, 4) is 0 Å².